The summed E-state index contributed by atoms with van der Waals surface area (Å²) in [5.41, 5.74) is -0.176. The fourth-order valence-corrected chi connectivity index (χ4v) is 3.42. The maximum Gasteiger partial charge on any atom is 0.344 e. The summed E-state index contributed by atoms with van der Waals surface area (Å²) in [5, 5.41) is 20.4. The number of aromatic amines is 1. The van der Waals surface area contributed by atoms with Crippen LogP contribution in [0.25, 0.3) is 0 Å². The lowest BCUT2D eigenvalue weighted by molar-refractivity contribution is 0.534. The maximum atomic E-state index is 11.6. The van der Waals surface area contributed by atoms with Crippen molar-refractivity contribution in [1.29, 1.82) is 0 Å². The van der Waals surface area contributed by atoms with Crippen LogP contribution < -0.4 is 11.0 Å². The maximum absolute atomic E-state index is 11.6. The van der Waals surface area contributed by atoms with E-state index in [0.29, 0.717) is 10.9 Å². The van der Waals surface area contributed by atoms with E-state index in [2.05, 4.69) is 32.6 Å². The summed E-state index contributed by atoms with van der Waals surface area (Å²) in [6.07, 6.45) is 1.05. The molecule has 0 aliphatic rings. The number of aromatic nitrogens is 5. The summed E-state index contributed by atoms with van der Waals surface area (Å²) in [4.78, 5) is 11.6. The van der Waals surface area contributed by atoms with Gasteiger partial charge in [-0.2, -0.15) is 0 Å². The van der Waals surface area contributed by atoms with Crippen molar-refractivity contribution in [2.75, 3.05) is 11.9 Å². The van der Waals surface area contributed by atoms with Crippen LogP contribution in [0.4, 0.5) is 5.13 Å². The van der Waals surface area contributed by atoms with E-state index in [1.807, 2.05) is 13.8 Å². The Hall–Kier alpha value is -1.35. The second-order valence-corrected chi connectivity index (χ2v) is 6.50. The average Bonchev–Trinajstić information content (AvgIpc) is 3.00. The second-order valence-electron chi connectivity index (χ2n) is 4.49. The predicted molar refractivity (Wildman–Crippen MR) is 81.5 cm³/mol. The minimum Gasteiger partial charge on any atom is -0.360 e. The van der Waals surface area contributed by atoms with Crippen molar-refractivity contribution in [3.05, 3.63) is 15.5 Å². The van der Waals surface area contributed by atoms with E-state index in [1.54, 1.807) is 4.57 Å². The van der Waals surface area contributed by atoms with Gasteiger partial charge in [-0.1, -0.05) is 30.0 Å². The van der Waals surface area contributed by atoms with E-state index in [-0.39, 0.29) is 11.7 Å². The number of hydrogen-bond acceptors (Lipinski definition) is 7. The number of H-pyrrole nitrogens is 1. The topological polar surface area (TPSA) is 88.5 Å². The van der Waals surface area contributed by atoms with Gasteiger partial charge >= 0.3 is 5.69 Å². The molecule has 0 radical (unpaired) electrons. The van der Waals surface area contributed by atoms with Gasteiger partial charge in [0, 0.05) is 12.6 Å². The Labute approximate surface area is 125 Å². The van der Waals surface area contributed by atoms with E-state index < -0.39 is 0 Å². The van der Waals surface area contributed by atoms with E-state index in [0.717, 1.165) is 23.1 Å². The number of thioether (sulfide) groups is 1. The summed E-state index contributed by atoms with van der Waals surface area (Å²) in [6.45, 7) is 6.92. The van der Waals surface area contributed by atoms with Gasteiger partial charge in [-0.15, -0.1) is 15.3 Å². The number of hydrogen-bond donors (Lipinski definition) is 2. The van der Waals surface area contributed by atoms with E-state index in [4.69, 9.17) is 0 Å². The smallest absolute Gasteiger partial charge is 0.344 e. The van der Waals surface area contributed by atoms with E-state index >= 15 is 0 Å². The minimum absolute atomic E-state index is 0.0833. The van der Waals surface area contributed by atoms with E-state index in [1.165, 1.54) is 23.1 Å². The molecule has 0 saturated heterocycles. The molecule has 0 atom stereocenters. The molecule has 20 heavy (non-hydrogen) atoms. The van der Waals surface area contributed by atoms with Crippen LogP contribution in [0.2, 0.25) is 0 Å². The second kappa shape index (κ2) is 6.89. The average molecular weight is 314 g/mol. The van der Waals surface area contributed by atoms with Gasteiger partial charge in [-0.05, 0) is 20.3 Å². The zero-order valence-corrected chi connectivity index (χ0v) is 13.3. The monoisotopic (exact) mass is 314 g/mol. The standard InChI is InChI=1S/C11H18N6OS2/c1-4-5-12-9-14-13-8(20-9)6-19-11-16-15-10(18)17(11)7(2)3/h7H,4-6H2,1-3H3,(H,12,14)(H,15,18). The molecule has 2 N–H and O–H groups in total. The molecule has 2 heterocycles. The van der Waals surface area contributed by atoms with Crippen LogP contribution in [-0.4, -0.2) is 31.5 Å². The normalized spacial score (nSPS) is 11.2. The van der Waals surface area contributed by atoms with Crippen LogP contribution in [0, 0.1) is 0 Å². The van der Waals surface area contributed by atoms with Crippen LogP contribution in [0.3, 0.4) is 0 Å². The van der Waals surface area contributed by atoms with Crippen molar-refractivity contribution in [1.82, 2.24) is 25.0 Å². The van der Waals surface area contributed by atoms with Gasteiger partial charge in [0.15, 0.2) is 5.16 Å². The minimum atomic E-state index is -0.176. The summed E-state index contributed by atoms with van der Waals surface area (Å²) >= 11 is 3.02. The van der Waals surface area contributed by atoms with Gasteiger partial charge in [-0.3, -0.25) is 4.57 Å². The van der Waals surface area contributed by atoms with E-state index in [9.17, 15) is 4.79 Å². The number of anilines is 1. The molecule has 2 rings (SSSR count). The Morgan fingerprint density at radius 2 is 2.25 bits per heavy atom. The molecule has 0 saturated carbocycles. The van der Waals surface area contributed by atoms with Crippen molar-refractivity contribution in [3.8, 4) is 0 Å². The van der Waals surface area contributed by atoms with Gasteiger partial charge < -0.3 is 5.32 Å². The highest BCUT2D eigenvalue weighted by atomic mass is 32.2. The Morgan fingerprint density at radius 3 is 2.95 bits per heavy atom. The molecule has 0 fully saturated rings. The lowest BCUT2D eigenvalue weighted by Crippen LogP contribution is -2.19. The summed E-state index contributed by atoms with van der Waals surface area (Å²) in [7, 11) is 0. The molecule has 0 aliphatic carbocycles. The van der Waals surface area contributed by atoms with Gasteiger partial charge in [0.1, 0.15) is 5.01 Å². The van der Waals surface area contributed by atoms with Crippen LogP contribution in [-0.2, 0) is 5.75 Å². The zero-order valence-electron chi connectivity index (χ0n) is 11.7. The molecule has 2 aromatic heterocycles. The highest BCUT2D eigenvalue weighted by molar-refractivity contribution is 7.98. The van der Waals surface area contributed by atoms with Crippen molar-refractivity contribution >= 4 is 28.2 Å². The first-order valence-corrected chi connectivity index (χ1v) is 8.28. The first-order valence-electron chi connectivity index (χ1n) is 6.47. The third-order valence-electron chi connectivity index (χ3n) is 2.51. The molecule has 0 spiro atoms. The summed E-state index contributed by atoms with van der Waals surface area (Å²) in [6, 6.07) is 0.0833. The van der Waals surface area contributed by atoms with Crippen molar-refractivity contribution in [2.24, 2.45) is 0 Å². The molecule has 7 nitrogen and oxygen atoms in total. The van der Waals surface area contributed by atoms with Gasteiger partial charge in [0.05, 0.1) is 5.75 Å². The van der Waals surface area contributed by atoms with Crippen LogP contribution in [0.1, 0.15) is 38.2 Å². The fourth-order valence-electron chi connectivity index (χ4n) is 1.59. The number of rotatable bonds is 7. The van der Waals surface area contributed by atoms with Crippen LogP contribution in [0.5, 0.6) is 0 Å². The lowest BCUT2D eigenvalue weighted by Gasteiger charge is -2.07. The Bertz CT molecular complexity index is 602. The molecule has 110 valence electrons. The number of nitrogens with one attached hydrogen (secondary N) is 2. The number of nitrogens with zero attached hydrogens (tertiary/aromatic N) is 4. The highest BCUT2D eigenvalue weighted by Gasteiger charge is 2.13. The van der Waals surface area contributed by atoms with Gasteiger partial charge in [0.25, 0.3) is 0 Å². The molecular formula is C11H18N6OS2. The molecule has 0 aliphatic heterocycles. The molecule has 0 amide bonds. The van der Waals surface area contributed by atoms with Crippen molar-refractivity contribution < 1.29 is 0 Å². The summed E-state index contributed by atoms with van der Waals surface area (Å²) < 4.78 is 1.64. The lowest BCUT2D eigenvalue weighted by atomic mass is 10.4. The molecule has 0 bridgehead atoms. The Morgan fingerprint density at radius 1 is 1.45 bits per heavy atom. The third kappa shape index (κ3) is 3.60. The predicted octanol–water partition coefficient (Wildman–Crippen LogP) is 2.12. The van der Waals surface area contributed by atoms with Gasteiger partial charge in [0.2, 0.25) is 5.13 Å². The SMILES string of the molecule is CCCNc1nnc(CSc2n[nH]c(=O)n2C(C)C)s1. The molecule has 2 aromatic rings. The largest absolute Gasteiger partial charge is 0.360 e. The van der Waals surface area contributed by atoms with Crippen LogP contribution >= 0.6 is 23.1 Å². The fraction of sp³-hybridized carbons (Fsp3) is 0.636. The first kappa shape index (κ1) is 15.0. The van der Waals surface area contributed by atoms with Crippen molar-refractivity contribution in [3.63, 3.8) is 0 Å². The summed E-state index contributed by atoms with van der Waals surface area (Å²) in [5.74, 6) is 0.655. The Balaban J connectivity index is 1.98. The van der Waals surface area contributed by atoms with Gasteiger partial charge in [-0.25, -0.2) is 9.89 Å². The zero-order chi connectivity index (χ0) is 14.5. The molecule has 0 aromatic carbocycles. The third-order valence-corrected chi connectivity index (χ3v) is 4.53. The quantitative estimate of drug-likeness (QED) is 0.761. The van der Waals surface area contributed by atoms with Crippen molar-refractivity contribution in [2.45, 2.75) is 44.1 Å². The van der Waals surface area contributed by atoms with Crippen LogP contribution in [0.15, 0.2) is 9.95 Å². The first-order chi connectivity index (χ1) is 9.61. The molecular weight excluding hydrogens is 296 g/mol. The molecule has 9 heteroatoms. The molecule has 0 unspecified atom stereocenters. The Kier molecular flexibility index (Phi) is 5.18. The highest BCUT2D eigenvalue weighted by Crippen LogP contribution is 2.25.